The standard InChI is InChI=1S/C22H43N5O6/c1-12(9-23)6-19(29)27-13-7-17(26)21(33-22-16(25)4-2-14(10-24)31-22)18(8-13)32-20-5-3-15(11-28)30-20/h12-18,20-22,28H,2-11,23-26H2,1H3,(H,27,29)/t12?,13?,14?,15?,16-,17?,18?,20?,21-,22-/m1/s1. The van der Waals surface area contributed by atoms with Crippen LogP contribution in [-0.4, -0.2) is 85.8 Å². The molecule has 0 radical (unpaired) electrons. The van der Waals surface area contributed by atoms with E-state index in [0.717, 1.165) is 19.3 Å². The van der Waals surface area contributed by atoms with E-state index in [1.165, 1.54) is 0 Å². The van der Waals surface area contributed by atoms with Crippen molar-refractivity contribution in [3.8, 4) is 0 Å². The lowest BCUT2D eigenvalue weighted by molar-refractivity contribution is -0.266. The number of hydrogen-bond acceptors (Lipinski definition) is 10. The third-order valence-electron chi connectivity index (χ3n) is 6.81. The SMILES string of the molecule is CC(CN)CC(=O)NC1CC(N)[C@@H](O[C@H]2OC(CN)CC[C@H]2N)C(OC2CCC(CO)O2)C1. The molecule has 1 amide bonds. The Hall–Kier alpha value is -0.890. The van der Waals surface area contributed by atoms with Gasteiger partial charge in [0.15, 0.2) is 12.6 Å². The summed E-state index contributed by atoms with van der Waals surface area (Å²) in [7, 11) is 0. The normalized spacial score (nSPS) is 40.5. The van der Waals surface area contributed by atoms with Gasteiger partial charge in [-0.25, -0.2) is 0 Å². The highest BCUT2D eigenvalue weighted by Gasteiger charge is 2.43. The molecule has 1 aliphatic carbocycles. The van der Waals surface area contributed by atoms with Crippen molar-refractivity contribution in [1.82, 2.24) is 5.32 Å². The lowest BCUT2D eigenvalue weighted by Crippen LogP contribution is -2.60. The first-order valence-corrected chi connectivity index (χ1v) is 12.3. The van der Waals surface area contributed by atoms with Crippen LogP contribution in [0.5, 0.6) is 0 Å². The molecule has 3 aliphatic rings. The Labute approximate surface area is 196 Å². The monoisotopic (exact) mass is 473 g/mol. The van der Waals surface area contributed by atoms with Gasteiger partial charge in [-0.1, -0.05) is 6.92 Å². The van der Waals surface area contributed by atoms with Crippen LogP contribution < -0.4 is 28.3 Å². The van der Waals surface area contributed by atoms with E-state index in [-0.39, 0.29) is 42.7 Å². The van der Waals surface area contributed by atoms with Crippen LogP contribution in [0.4, 0.5) is 0 Å². The van der Waals surface area contributed by atoms with Crippen LogP contribution in [0, 0.1) is 5.92 Å². The number of nitrogens with one attached hydrogen (secondary N) is 1. The number of aliphatic hydroxyl groups excluding tert-OH is 1. The lowest BCUT2D eigenvalue weighted by Gasteiger charge is -2.44. The Morgan fingerprint density at radius 1 is 1.06 bits per heavy atom. The molecule has 33 heavy (non-hydrogen) atoms. The van der Waals surface area contributed by atoms with Crippen LogP contribution in [-0.2, 0) is 23.7 Å². The Kier molecular flexibility index (Phi) is 10.3. The van der Waals surface area contributed by atoms with Crippen LogP contribution in [0.3, 0.4) is 0 Å². The molecule has 10 N–H and O–H groups in total. The van der Waals surface area contributed by atoms with Gasteiger partial charge in [0.25, 0.3) is 0 Å². The number of hydrogen-bond donors (Lipinski definition) is 6. The fourth-order valence-electron chi connectivity index (χ4n) is 4.81. The molecule has 2 saturated heterocycles. The molecule has 3 fully saturated rings. The first kappa shape index (κ1) is 26.7. The summed E-state index contributed by atoms with van der Waals surface area (Å²) in [5.74, 6) is 0.0530. The molecule has 2 heterocycles. The van der Waals surface area contributed by atoms with E-state index in [9.17, 15) is 9.90 Å². The van der Waals surface area contributed by atoms with Crippen molar-refractivity contribution in [2.75, 3.05) is 19.7 Å². The highest BCUT2D eigenvalue weighted by Crippen LogP contribution is 2.31. The zero-order valence-corrected chi connectivity index (χ0v) is 19.6. The predicted molar refractivity (Wildman–Crippen MR) is 122 cm³/mol. The Morgan fingerprint density at radius 2 is 1.82 bits per heavy atom. The highest BCUT2D eigenvalue weighted by atomic mass is 16.7. The van der Waals surface area contributed by atoms with Crippen molar-refractivity contribution in [3.63, 3.8) is 0 Å². The number of carbonyl (C=O) groups excluding carboxylic acids is 1. The van der Waals surface area contributed by atoms with Crippen LogP contribution >= 0.6 is 0 Å². The van der Waals surface area contributed by atoms with E-state index in [1.807, 2.05) is 6.92 Å². The number of aliphatic hydroxyl groups is 1. The highest BCUT2D eigenvalue weighted by molar-refractivity contribution is 5.76. The molecule has 0 spiro atoms. The number of rotatable bonds is 10. The second-order valence-corrected chi connectivity index (χ2v) is 9.77. The lowest BCUT2D eigenvalue weighted by atomic mass is 9.86. The average molecular weight is 474 g/mol. The Morgan fingerprint density at radius 3 is 2.48 bits per heavy atom. The molecule has 0 bridgehead atoms. The van der Waals surface area contributed by atoms with E-state index >= 15 is 0 Å². The van der Waals surface area contributed by atoms with Gasteiger partial charge in [-0.05, 0) is 44.6 Å². The smallest absolute Gasteiger partial charge is 0.220 e. The molecule has 192 valence electrons. The van der Waals surface area contributed by atoms with Gasteiger partial charge in [-0.3, -0.25) is 4.79 Å². The van der Waals surface area contributed by atoms with Crippen molar-refractivity contribution in [3.05, 3.63) is 0 Å². The summed E-state index contributed by atoms with van der Waals surface area (Å²) >= 11 is 0. The van der Waals surface area contributed by atoms with E-state index in [2.05, 4.69) is 5.32 Å². The molecule has 0 aromatic heterocycles. The summed E-state index contributed by atoms with van der Waals surface area (Å²) in [5.41, 5.74) is 24.2. The molecule has 11 nitrogen and oxygen atoms in total. The summed E-state index contributed by atoms with van der Waals surface area (Å²) in [6, 6.07) is -0.836. The minimum atomic E-state index is -0.624. The third-order valence-corrected chi connectivity index (χ3v) is 6.81. The van der Waals surface area contributed by atoms with Gasteiger partial charge in [0.2, 0.25) is 5.91 Å². The van der Waals surface area contributed by atoms with E-state index in [4.69, 9.17) is 41.9 Å². The maximum absolute atomic E-state index is 12.5. The van der Waals surface area contributed by atoms with Crippen LogP contribution in [0.1, 0.15) is 51.9 Å². The van der Waals surface area contributed by atoms with Crippen LogP contribution in [0.15, 0.2) is 0 Å². The van der Waals surface area contributed by atoms with Gasteiger partial charge in [-0.2, -0.15) is 0 Å². The molecule has 3 rings (SSSR count). The fraction of sp³-hybridized carbons (Fsp3) is 0.955. The first-order chi connectivity index (χ1) is 15.8. The minimum absolute atomic E-state index is 0.0484. The quantitative estimate of drug-likeness (QED) is 0.221. The second-order valence-electron chi connectivity index (χ2n) is 9.77. The number of ether oxygens (including phenoxy) is 4. The summed E-state index contributed by atoms with van der Waals surface area (Å²) in [4.78, 5) is 12.5. The minimum Gasteiger partial charge on any atom is -0.394 e. The molecule has 1 saturated carbocycles. The molecule has 2 aliphatic heterocycles. The number of nitrogens with two attached hydrogens (primary N) is 4. The third kappa shape index (κ3) is 7.55. The predicted octanol–water partition coefficient (Wildman–Crippen LogP) is -1.36. The van der Waals surface area contributed by atoms with Gasteiger partial charge in [-0.15, -0.1) is 0 Å². The molecule has 7 unspecified atom stereocenters. The summed E-state index contributed by atoms with van der Waals surface area (Å²) < 4.78 is 24.3. The summed E-state index contributed by atoms with van der Waals surface area (Å²) in [6.07, 6.45) is 2.03. The Bertz CT molecular complexity index is 616. The molecular formula is C22H43N5O6. The molecule has 0 aromatic carbocycles. The maximum atomic E-state index is 12.5. The zero-order chi connectivity index (χ0) is 24.0. The molecular weight excluding hydrogens is 430 g/mol. The number of amides is 1. The van der Waals surface area contributed by atoms with E-state index in [0.29, 0.717) is 38.8 Å². The molecule has 10 atom stereocenters. The number of carbonyl (C=O) groups is 1. The van der Waals surface area contributed by atoms with Crippen molar-refractivity contribution >= 4 is 5.91 Å². The fourth-order valence-corrected chi connectivity index (χ4v) is 4.81. The van der Waals surface area contributed by atoms with Crippen LogP contribution in [0.25, 0.3) is 0 Å². The van der Waals surface area contributed by atoms with Gasteiger partial charge in [0.05, 0.1) is 31.0 Å². The topological polar surface area (TPSA) is 190 Å². The summed E-state index contributed by atoms with van der Waals surface area (Å²) in [5, 5.41) is 12.5. The van der Waals surface area contributed by atoms with Crippen molar-refractivity contribution in [1.29, 1.82) is 0 Å². The van der Waals surface area contributed by atoms with Gasteiger partial charge < -0.3 is 52.3 Å². The van der Waals surface area contributed by atoms with Crippen molar-refractivity contribution < 1.29 is 28.8 Å². The van der Waals surface area contributed by atoms with Crippen LogP contribution in [0.2, 0.25) is 0 Å². The first-order valence-electron chi connectivity index (χ1n) is 12.3. The molecule has 11 heteroatoms. The second kappa shape index (κ2) is 12.7. The van der Waals surface area contributed by atoms with E-state index in [1.54, 1.807) is 0 Å². The largest absolute Gasteiger partial charge is 0.394 e. The van der Waals surface area contributed by atoms with Crippen molar-refractivity contribution in [2.24, 2.45) is 28.9 Å². The van der Waals surface area contributed by atoms with Crippen molar-refractivity contribution in [2.45, 2.75) is 107 Å². The summed E-state index contributed by atoms with van der Waals surface area (Å²) in [6.45, 7) is 2.75. The van der Waals surface area contributed by atoms with Gasteiger partial charge >= 0.3 is 0 Å². The zero-order valence-electron chi connectivity index (χ0n) is 19.6. The average Bonchev–Trinajstić information content (AvgIpc) is 3.24. The van der Waals surface area contributed by atoms with Gasteiger partial charge in [0, 0.05) is 31.5 Å². The van der Waals surface area contributed by atoms with E-state index < -0.39 is 30.8 Å². The maximum Gasteiger partial charge on any atom is 0.220 e. The Balaban J connectivity index is 1.67. The van der Waals surface area contributed by atoms with Gasteiger partial charge in [0.1, 0.15) is 6.10 Å². The molecule has 0 aromatic rings.